The van der Waals surface area contributed by atoms with Crippen molar-refractivity contribution in [2.24, 2.45) is 0 Å². The first-order valence-corrected chi connectivity index (χ1v) is 9.40. The third kappa shape index (κ3) is 7.42. The molecule has 4 nitrogen and oxygen atoms in total. The van der Waals surface area contributed by atoms with Crippen LogP contribution < -0.4 is 4.74 Å². The number of alkyl halides is 3. The number of benzene rings is 2. The molecule has 0 aromatic heterocycles. The third-order valence-corrected chi connectivity index (χ3v) is 4.56. The standard InChI is InChI=1S/C22H27F3N2O2/c1-26(2)12-13-27(16-18-7-4-8-19(14-18)22(23,24)25)21(28)11-10-17-6-5-9-20(15-17)29-3/h4-9,14-15H,10-13,16H2,1-3H3. The Hall–Kier alpha value is -2.54. The number of ether oxygens (including phenoxy) is 1. The average Bonchev–Trinajstić information content (AvgIpc) is 2.69. The molecule has 2 aromatic carbocycles. The molecule has 29 heavy (non-hydrogen) atoms. The highest BCUT2D eigenvalue weighted by atomic mass is 19.4. The summed E-state index contributed by atoms with van der Waals surface area (Å²) in [7, 11) is 5.37. The van der Waals surface area contributed by atoms with Crippen LogP contribution in [-0.4, -0.2) is 50.0 Å². The summed E-state index contributed by atoms with van der Waals surface area (Å²) >= 11 is 0. The van der Waals surface area contributed by atoms with E-state index in [2.05, 4.69) is 0 Å². The third-order valence-electron chi connectivity index (χ3n) is 4.56. The Bertz CT molecular complexity index is 807. The number of likely N-dealkylation sites (N-methyl/N-ethyl adjacent to an activating group) is 1. The molecule has 0 unspecified atom stereocenters. The monoisotopic (exact) mass is 408 g/mol. The lowest BCUT2D eigenvalue weighted by Crippen LogP contribution is -2.36. The number of amides is 1. The number of nitrogens with zero attached hydrogens (tertiary/aromatic N) is 2. The van der Waals surface area contributed by atoms with Crippen LogP contribution in [0.1, 0.15) is 23.1 Å². The van der Waals surface area contributed by atoms with Gasteiger partial charge in [0.15, 0.2) is 0 Å². The lowest BCUT2D eigenvalue weighted by molar-refractivity contribution is -0.137. The first-order chi connectivity index (χ1) is 13.7. The van der Waals surface area contributed by atoms with Crippen molar-refractivity contribution in [2.45, 2.75) is 25.6 Å². The molecule has 0 radical (unpaired) electrons. The van der Waals surface area contributed by atoms with Crippen LogP contribution in [0.15, 0.2) is 48.5 Å². The van der Waals surface area contributed by atoms with Crippen LogP contribution in [0.5, 0.6) is 5.75 Å². The van der Waals surface area contributed by atoms with Crippen molar-refractivity contribution in [1.82, 2.24) is 9.80 Å². The lowest BCUT2D eigenvalue weighted by atomic mass is 10.1. The summed E-state index contributed by atoms with van der Waals surface area (Å²) in [5.74, 6) is 0.635. The van der Waals surface area contributed by atoms with Gasteiger partial charge in [0, 0.05) is 26.1 Å². The molecule has 0 aliphatic rings. The van der Waals surface area contributed by atoms with Crippen LogP contribution in [0.4, 0.5) is 13.2 Å². The van der Waals surface area contributed by atoms with Crippen LogP contribution in [0, 0.1) is 0 Å². The van der Waals surface area contributed by atoms with Crippen molar-refractivity contribution in [1.29, 1.82) is 0 Å². The Labute approximate surface area is 169 Å². The first-order valence-electron chi connectivity index (χ1n) is 9.40. The van der Waals surface area contributed by atoms with Crippen molar-refractivity contribution >= 4 is 5.91 Å². The second-order valence-electron chi connectivity index (χ2n) is 7.17. The van der Waals surface area contributed by atoms with E-state index in [0.29, 0.717) is 25.1 Å². The molecule has 158 valence electrons. The molecule has 0 aliphatic carbocycles. The Morgan fingerprint density at radius 3 is 2.34 bits per heavy atom. The maximum atomic E-state index is 13.0. The SMILES string of the molecule is COc1cccc(CCC(=O)N(CCN(C)C)Cc2cccc(C(F)(F)F)c2)c1. The van der Waals surface area contributed by atoms with E-state index in [-0.39, 0.29) is 18.9 Å². The van der Waals surface area contributed by atoms with Crippen LogP contribution >= 0.6 is 0 Å². The van der Waals surface area contributed by atoms with Gasteiger partial charge in [-0.05, 0) is 55.9 Å². The average molecular weight is 408 g/mol. The van der Waals surface area contributed by atoms with Gasteiger partial charge in [0.2, 0.25) is 5.91 Å². The van der Waals surface area contributed by atoms with Gasteiger partial charge in [-0.1, -0.05) is 24.3 Å². The molecule has 1 amide bonds. The summed E-state index contributed by atoms with van der Waals surface area (Å²) in [6.45, 7) is 1.22. The van der Waals surface area contributed by atoms with Gasteiger partial charge in [-0.25, -0.2) is 0 Å². The Morgan fingerprint density at radius 2 is 1.69 bits per heavy atom. The van der Waals surface area contributed by atoms with Crippen molar-refractivity contribution in [3.63, 3.8) is 0 Å². The second kappa shape index (κ2) is 10.3. The quantitative estimate of drug-likeness (QED) is 0.622. The van der Waals surface area contributed by atoms with Gasteiger partial charge in [0.1, 0.15) is 5.75 Å². The van der Waals surface area contributed by atoms with Gasteiger partial charge in [-0.3, -0.25) is 4.79 Å². The fourth-order valence-corrected chi connectivity index (χ4v) is 2.92. The van der Waals surface area contributed by atoms with Crippen molar-refractivity contribution in [3.05, 3.63) is 65.2 Å². The maximum absolute atomic E-state index is 13.0. The van der Waals surface area contributed by atoms with Crippen LogP contribution in [0.2, 0.25) is 0 Å². The molecule has 0 bridgehead atoms. The molecule has 0 atom stereocenters. The molecule has 0 fully saturated rings. The largest absolute Gasteiger partial charge is 0.497 e. The molecule has 2 aromatic rings. The normalized spacial score (nSPS) is 11.6. The van der Waals surface area contributed by atoms with E-state index < -0.39 is 11.7 Å². The molecular weight excluding hydrogens is 381 g/mol. The van der Waals surface area contributed by atoms with E-state index in [9.17, 15) is 18.0 Å². The van der Waals surface area contributed by atoms with Gasteiger partial charge in [-0.2, -0.15) is 13.2 Å². The molecule has 2 rings (SSSR count). The lowest BCUT2D eigenvalue weighted by Gasteiger charge is -2.25. The highest BCUT2D eigenvalue weighted by Gasteiger charge is 2.30. The fourth-order valence-electron chi connectivity index (χ4n) is 2.92. The summed E-state index contributed by atoms with van der Waals surface area (Å²) in [5, 5.41) is 0. The van der Waals surface area contributed by atoms with Gasteiger partial charge >= 0.3 is 6.18 Å². The number of hydrogen-bond donors (Lipinski definition) is 0. The number of rotatable bonds is 9. The van der Waals surface area contributed by atoms with E-state index in [4.69, 9.17) is 4.74 Å². The topological polar surface area (TPSA) is 32.8 Å². The number of hydrogen-bond acceptors (Lipinski definition) is 3. The van der Waals surface area contributed by atoms with Crippen LogP contribution in [-0.2, 0) is 23.9 Å². The Morgan fingerprint density at radius 1 is 1.00 bits per heavy atom. The number of halogens is 3. The van der Waals surface area contributed by atoms with Crippen molar-refractivity contribution < 1.29 is 22.7 Å². The maximum Gasteiger partial charge on any atom is 0.416 e. The van der Waals surface area contributed by atoms with Gasteiger partial charge in [0.05, 0.1) is 12.7 Å². The first kappa shape index (κ1) is 22.7. The van der Waals surface area contributed by atoms with Gasteiger partial charge < -0.3 is 14.5 Å². The minimum atomic E-state index is -4.40. The van der Waals surface area contributed by atoms with Crippen LogP contribution in [0.3, 0.4) is 0 Å². The fraction of sp³-hybridized carbons (Fsp3) is 0.409. The minimum absolute atomic E-state index is 0.0907. The number of carbonyl (C=O) groups is 1. The van der Waals surface area contributed by atoms with Gasteiger partial charge in [0.25, 0.3) is 0 Å². The second-order valence-corrected chi connectivity index (χ2v) is 7.17. The van der Waals surface area contributed by atoms with Gasteiger partial charge in [-0.15, -0.1) is 0 Å². The molecule has 0 saturated heterocycles. The highest BCUT2D eigenvalue weighted by Crippen LogP contribution is 2.29. The molecule has 0 heterocycles. The zero-order valence-corrected chi connectivity index (χ0v) is 17.0. The predicted molar refractivity (Wildman–Crippen MR) is 107 cm³/mol. The van der Waals surface area contributed by atoms with E-state index in [1.807, 2.05) is 43.3 Å². The molecular formula is C22H27F3N2O2. The molecule has 7 heteroatoms. The van der Waals surface area contributed by atoms with E-state index in [1.54, 1.807) is 18.1 Å². The molecule has 0 spiro atoms. The molecule has 0 N–H and O–H groups in total. The smallest absolute Gasteiger partial charge is 0.416 e. The zero-order chi connectivity index (χ0) is 21.4. The van der Waals surface area contributed by atoms with E-state index in [1.165, 1.54) is 6.07 Å². The summed E-state index contributed by atoms with van der Waals surface area (Å²) in [6, 6.07) is 12.6. The number of methoxy groups -OCH3 is 1. The Balaban J connectivity index is 2.09. The van der Waals surface area contributed by atoms with E-state index in [0.717, 1.165) is 23.4 Å². The highest BCUT2D eigenvalue weighted by molar-refractivity contribution is 5.76. The van der Waals surface area contributed by atoms with Crippen molar-refractivity contribution in [3.8, 4) is 5.75 Å². The van der Waals surface area contributed by atoms with Crippen LogP contribution in [0.25, 0.3) is 0 Å². The summed E-state index contributed by atoms with van der Waals surface area (Å²) < 4.78 is 44.2. The minimum Gasteiger partial charge on any atom is -0.497 e. The summed E-state index contributed by atoms with van der Waals surface area (Å²) in [6.07, 6.45) is -3.59. The zero-order valence-electron chi connectivity index (χ0n) is 17.0. The predicted octanol–water partition coefficient (Wildman–Crippen LogP) is 4.24. The number of aryl methyl sites for hydroxylation is 1. The Kier molecular flexibility index (Phi) is 8.08. The summed E-state index contributed by atoms with van der Waals surface area (Å²) in [5.41, 5.74) is 0.740. The number of carbonyl (C=O) groups excluding carboxylic acids is 1. The molecule has 0 aliphatic heterocycles. The summed E-state index contributed by atoms with van der Waals surface area (Å²) in [4.78, 5) is 16.4. The van der Waals surface area contributed by atoms with Crippen molar-refractivity contribution in [2.75, 3.05) is 34.3 Å². The van der Waals surface area contributed by atoms with E-state index >= 15 is 0 Å². The molecule has 0 saturated carbocycles.